The number of alkyl halides is 1. The quantitative estimate of drug-likeness (QED) is 0.752. The van der Waals surface area contributed by atoms with Crippen LogP contribution in [0.25, 0.3) is 0 Å². The van der Waals surface area contributed by atoms with Crippen LogP contribution in [0.5, 0.6) is 0 Å². The predicted octanol–water partition coefficient (Wildman–Crippen LogP) is 3.17. The lowest BCUT2D eigenvalue weighted by molar-refractivity contribution is 0.557. The maximum atomic E-state index is 4.50. The van der Waals surface area contributed by atoms with Crippen molar-refractivity contribution in [1.82, 2.24) is 9.97 Å². The summed E-state index contributed by atoms with van der Waals surface area (Å²) in [5.41, 5.74) is 1.02. The summed E-state index contributed by atoms with van der Waals surface area (Å²) in [4.78, 5) is 11.2. The second-order valence-corrected chi connectivity index (χ2v) is 4.64. The number of rotatable bonds is 6. The smallest absolute Gasteiger partial charge is 0.225 e. The highest BCUT2D eigenvalue weighted by Crippen LogP contribution is 2.16. The van der Waals surface area contributed by atoms with Crippen LogP contribution < -0.4 is 4.90 Å². The Balaban J connectivity index is 2.91. The molecule has 1 rings (SSSR count). The maximum absolute atomic E-state index is 4.50. The molecule has 3 nitrogen and oxygen atoms in total. The molecule has 16 heavy (non-hydrogen) atoms. The molecule has 0 N–H and O–H groups in total. The lowest BCUT2D eigenvalue weighted by Crippen LogP contribution is -2.37. The van der Waals surface area contributed by atoms with Gasteiger partial charge in [-0.15, -0.1) is 0 Å². The van der Waals surface area contributed by atoms with Gasteiger partial charge >= 0.3 is 0 Å². The summed E-state index contributed by atoms with van der Waals surface area (Å²) in [6.45, 7) is 7.39. The molecule has 90 valence electrons. The first-order valence-corrected chi connectivity index (χ1v) is 6.97. The molecule has 0 atom stereocenters. The molecule has 0 aliphatic rings. The fourth-order valence-corrected chi connectivity index (χ4v) is 2.22. The van der Waals surface area contributed by atoms with Gasteiger partial charge < -0.3 is 4.90 Å². The number of hydrogen-bond donors (Lipinski definition) is 0. The van der Waals surface area contributed by atoms with Crippen molar-refractivity contribution in [3.8, 4) is 0 Å². The van der Waals surface area contributed by atoms with E-state index in [0.717, 1.165) is 36.4 Å². The Morgan fingerprint density at radius 3 is 2.56 bits per heavy atom. The van der Waals surface area contributed by atoms with Gasteiger partial charge in [0.1, 0.15) is 0 Å². The molecule has 0 spiro atoms. The Kier molecular flexibility index (Phi) is 5.74. The van der Waals surface area contributed by atoms with Crippen LogP contribution in [0.15, 0.2) is 12.3 Å². The summed E-state index contributed by atoms with van der Waals surface area (Å²) in [6.07, 6.45) is 4.09. The van der Waals surface area contributed by atoms with E-state index in [-0.39, 0.29) is 0 Å². The monoisotopic (exact) mass is 285 g/mol. The number of halogens is 1. The SMILES string of the molecule is CCC(CC)N(CCBr)c1nccc(C)n1. The van der Waals surface area contributed by atoms with E-state index in [1.54, 1.807) is 0 Å². The topological polar surface area (TPSA) is 29.0 Å². The molecule has 0 unspecified atom stereocenters. The van der Waals surface area contributed by atoms with Crippen molar-refractivity contribution in [2.24, 2.45) is 0 Å². The molecule has 0 aliphatic carbocycles. The van der Waals surface area contributed by atoms with Crippen LogP contribution in [0.1, 0.15) is 32.4 Å². The minimum absolute atomic E-state index is 0.527. The van der Waals surface area contributed by atoms with E-state index < -0.39 is 0 Å². The van der Waals surface area contributed by atoms with E-state index in [2.05, 4.69) is 44.6 Å². The van der Waals surface area contributed by atoms with Crippen LogP contribution in [-0.2, 0) is 0 Å². The van der Waals surface area contributed by atoms with Gasteiger partial charge in [-0.05, 0) is 25.8 Å². The van der Waals surface area contributed by atoms with E-state index in [4.69, 9.17) is 0 Å². The number of aromatic nitrogens is 2. The van der Waals surface area contributed by atoms with E-state index in [0.29, 0.717) is 6.04 Å². The molecule has 1 heterocycles. The van der Waals surface area contributed by atoms with Gasteiger partial charge in [-0.25, -0.2) is 9.97 Å². The minimum atomic E-state index is 0.527. The van der Waals surface area contributed by atoms with Gasteiger partial charge in [-0.2, -0.15) is 0 Å². The molecule has 0 aromatic carbocycles. The average molecular weight is 286 g/mol. The summed E-state index contributed by atoms with van der Waals surface area (Å²) in [7, 11) is 0. The Hall–Kier alpha value is -0.640. The van der Waals surface area contributed by atoms with Crippen molar-refractivity contribution in [3.05, 3.63) is 18.0 Å². The minimum Gasteiger partial charge on any atom is -0.337 e. The van der Waals surface area contributed by atoms with Crippen molar-refractivity contribution in [1.29, 1.82) is 0 Å². The fraction of sp³-hybridized carbons (Fsp3) is 0.667. The molecule has 4 heteroatoms. The zero-order chi connectivity index (χ0) is 12.0. The second-order valence-electron chi connectivity index (χ2n) is 3.85. The number of nitrogens with zero attached hydrogens (tertiary/aromatic N) is 3. The Morgan fingerprint density at radius 1 is 1.38 bits per heavy atom. The van der Waals surface area contributed by atoms with Gasteiger partial charge in [0.15, 0.2) is 0 Å². The Morgan fingerprint density at radius 2 is 2.06 bits per heavy atom. The van der Waals surface area contributed by atoms with Gasteiger partial charge in [0.05, 0.1) is 0 Å². The molecule has 0 saturated carbocycles. The normalized spacial score (nSPS) is 10.8. The number of aryl methyl sites for hydroxylation is 1. The third kappa shape index (κ3) is 3.44. The molecule has 0 fully saturated rings. The van der Waals surface area contributed by atoms with Crippen LogP contribution in [0.3, 0.4) is 0 Å². The highest BCUT2D eigenvalue weighted by molar-refractivity contribution is 9.09. The molecule has 1 aromatic rings. The third-order valence-corrected chi connectivity index (χ3v) is 3.10. The third-order valence-electron chi connectivity index (χ3n) is 2.75. The zero-order valence-corrected chi connectivity index (χ0v) is 11.9. The lowest BCUT2D eigenvalue weighted by atomic mass is 10.1. The van der Waals surface area contributed by atoms with Crippen molar-refractivity contribution < 1.29 is 0 Å². The first-order valence-electron chi connectivity index (χ1n) is 5.85. The van der Waals surface area contributed by atoms with E-state index >= 15 is 0 Å². The summed E-state index contributed by atoms with van der Waals surface area (Å²) >= 11 is 3.50. The molecule has 0 saturated heterocycles. The highest BCUT2D eigenvalue weighted by Gasteiger charge is 2.17. The molecular formula is C12H20BrN3. The summed E-state index contributed by atoms with van der Waals surface area (Å²) in [6, 6.07) is 2.46. The first kappa shape index (κ1) is 13.4. The van der Waals surface area contributed by atoms with E-state index in [9.17, 15) is 0 Å². The first-order chi connectivity index (χ1) is 7.72. The highest BCUT2D eigenvalue weighted by atomic mass is 79.9. The van der Waals surface area contributed by atoms with Crippen LogP contribution >= 0.6 is 15.9 Å². The van der Waals surface area contributed by atoms with Gasteiger partial charge in [-0.1, -0.05) is 29.8 Å². The van der Waals surface area contributed by atoms with E-state index in [1.165, 1.54) is 0 Å². The summed E-state index contributed by atoms with van der Waals surface area (Å²) in [5.74, 6) is 0.855. The number of hydrogen-bond acceptors (Lipinski definition) is 3. The largest absolute Gasteiger partial charge is 0.337 e. The molecule has 0 amide bonds. The zero-order valence-electron chi connectivity index (χ0n) is 10.3. The molecular weight excluding hydrogens is 266 g/mol. The molecule has 0 aliphatic heterocycles. The predicted molar refractivity (Wildman–Crippen MR) is 72.3 cm³/mol. The van der Waals surface area contributed by atoms with Crippen molar-refractivity contribution in [2.75, 3.05) is 16.8 Å². The van der Waals surface area contributed by atoms with Gasteiger partial charge in [0, 0.05) is 29.8 Å². The number of anilines is 1. The summed E-state index contributed by atoms with van der Waals surface area (Å²) < 4.78 is 0. The van der Waals surface area contributed by atoms with Crippen LogP contribution in [0.4, 0.5) is 5.95 Å². The van der Waals surface area contributed by atoms with Crippen molar-refractivity contribution in [3.63, 3.8) is 0 Å². The van der Waals surface area contributed by atoms with Gasteiger partial charge in [0.25, 0.3) is 0 Å². The van der Waals surface area contributed by atoms with Crippen LogP contribution in [0, 0.1) is 6.92 Å². The Labute approximate surface area is 106 Å². The molecule has 1 aromatic heterocycles. The second kappa shape index (κ2) is 6.84. The Bertz CT molecular complexity index is 313. The van der Waals surface area contributed by atoms with Gasteiger partial charge in [0.2, 0.25) is 5.95 Å². The summed E-state index contributed by atoms with van der Waals surface area (Å²) in [5, 5.41) is 0.945. The lowest BCUT2D eigenvalue weighted by Gasteiger charge is -2.30. The standard InChI is InChI=1S/C12H20BrN3/c1-4-11(5-2)16(9-7-13)12-14-8-6-10(3)15-12/h6,8,11H,4-5,7,9H2,1-3H3. The average Bonchev–Trinajstić information content (AvgIpc) is 2.29. The van der Waals surface area contributed by atoms with Crippen LogP contribution in [-0.4, -0.2) is 27.9 Å². The fourth-order valence-electron chi connectivity index (χ4n) is 1.84. The van der Waals surface area contributed by atoms with Crippen molar-refractivity contribution >= 4 is 21.9 Å². The van der Waals surface area contributed by atoms with Gasteiger partial charge in [-0.3, -0.25) is 0 Å². The van der Waals surface area contributed by atoms with E-state index in [1.807, 2.05) is 19.2 Å². The molecule has 0 bridgehead atoms. The molecule has 0 radical (unpaired) electrons. The van der Waals surface area contributed by atoms with Crippen LogP contribution in [0.2, 0.25) is 0 Å². The van der Waals surface area contributed by atoms with Crippen molar-refractivity contribution in [2.45, 2.75) is 39.7 Å². The maximum Gasteiger partial charge on any atom is 0.225 e.